The summed E-state index contributed by atoms with van der Waals surface area (Å²) in [6, 6.07) is 2.54. The number of fused-ring (bicyclic) bond motifs is 1. The van der Waals surface area contributed by atoms with Gasteiger partial charge in [-0.05, 0) is 0 Å². The van der Waals surface area contributed by atoms with E-state index < -0.39 is 4.92 Å². The van der Waals surface area contributed by atoms with E-state index in [0.717, 1.165) is 0 Å². The Hall–Kier alpha value is -1.95. The molecule has 78 valence electrons. The van der Waals surface area contributed by atoms with Crippen LogP contribution in [0.4, 0.5) is 5.69 Å². The molecule has 2 rings (SSSR count). The molecule has 0 N–H and O–H groups in total. The van der Waals surface area contributed by atoms with Crippen molar-refractivity contribution in [1.82, 2.24) is 0 Å². The molecule has 0 atom stereocenters. The highest BCUT2D eigenvalue weighted by Crippen LogP contribution is 2.31. The molecular weight excluding hydrogens is 202 g/mol. The van der Waals surface area contributed by atoms with Crippen molar-refractivity contribution in [2.75, 3.05) is 6.79 Å². The number of hydrogen-bond acceptors (Lipinski definition) is 5. The second kappa shape index (κ2) is 3.66. The summed E-state index contributed by atoms with van der Waals surface area (Å²) >= 11 is 0. The van der Waals surface area contributed by atoms with Gasteiger partial charge in [0.15, 0.2) is 13.1 Å². The molecule has 0 radical (unpaired) electrons. The van der Waals surface area contributed by atoms with Crippen molar-refractivity contribution in [3.63, 3.8) is 0 Å². The quantitative estimate of drug-likeness (QED) is 0.416. The maximum absolute atomic E-state index is 10.7. The fourth-order valence-corrected chi connectivity index (χ4v) is 1.42. The zero-order valence-corrected chi connectivity index (χ0v) is 7.63. The number of rotatable bonds is 2. The van der Waals surface area contributed by atoms with E-state index in [4.69, 9.17) is 9.47 Å². The number of aldehydes is 1. The van der Waals surface area contributed by atoms with E-state index in [9.17, 15) is 14.9 Å². The number of benzene rings is 1. The SMILES string of the molecule is O=Cc1cc([N+](=O)[O-])cc2c1OCOC2. The smallest absolute Gasteiger partial charge is 0.270 e. The van der Waals surface area contributed by atoms with Crippen LogP contribution in [-0.4, -0.2) is 18.0 Å². The van der Waals surface area contributed by atoms with Crippen molar-refractivity contribution < 1.29 is 19.2 Å². The lowest BCUT2D eigenvalue weighted by Crippen LogP contribution is -2.13. The first-order valence-corrected chi connectivity index (χ1v) is 4.19. The van der Waals surface area contributed by atoms with Gasteiger partial charge in [-0.15, -0.1) is 0 Å². The Morgan fingerprint density at radius 2 is 2.27 bits per heavy atom. The number of carbonyl (C=O) groups is 1. The van der Waals surface area contributed by atoms with E-state index in [1.165, 1.54) is 12.1 Å². The molecule has 0 aromatic heterocycles. The number of nitrogens with zero attached hydrogens (tertiary/aromatic N) is 1. The van der Waals surface area contributed by atoms with Crippen LogP contribution >= 0.6 is 0 Å². The Kier molecular flexibility index (Phi) is 2.34. The Morgan fingerprint density at radius 1 is 1.47 bits per heavy atom. The fourth-order valence-electron chi connectivity index (χ4n) is 1.42. The molecule has 0 aliphatic carbocycles. The number of carbonyl (C=O) groups excluding carboxylic acids is 1. The highest BCUT2D eigenvalue weighted by Gasteiger charge is 2.20. The molecule has 0 saturated carbocycles. The van der Waals surface area contributed by atoms with Crippen LogP contribution in [0.3, 0.4) is 0 Å². The van der Waals surface area contributed by atoms with E-state index in [1.807, 2.05) is 0 Å². The van der Waals surface area contributed by atoms with Crippen LogP contribution in [0.15, 0.2) is 12.1 Å². The molecule has 1 aliphatic rings. The summed E-state index contributed by atoms with van der Waals surface area (Å²) in [7, 11) is 0. The molecule has 1 aromatic rings. The number of non-ortho nitro benzene ring substituents is 1. The van der Waals surface area contributed by atoms with E-state index in [1.54, 1.807) is 0 Å². The summed E-state index contributed by atoms with van der Waals surface area (Å²) in [6.07, 6.45) is 0.539. The molecule has 1 heterocycles. The van der Waals surface area contributed by atoms with Crippen molar-refractivity contribution in [3.05, 3.63) is 33.4 Å². The van der Waals surface area contributed by atoms with Crippen molar-refractivity contribution in [3.8, 4) is 5.75 Å². The van der Waals surface area contributed by atoms with Crippen molar-refractivity contribution in [2.24, 2.45) is 0 Å². The minimum absolute atomic E-state index is 0.0612. The van der Waals surface area contributed by atoms with Crippen LogP contribution in [0.25, 0.3) is 0 Å². The molecule has 0 unspecified atom stereocenters. The van der Waals surface area contributed by atoms with Crippen molar-refractivity contribution in [1.29, 1.82) is 0 Å². The highest BCUT2D eigenvalue weighted by atomic mass is 16.7. The number of ether oxygens (including phenoxy) is 2. The summed E-state index contributed by atoms with van der Waals surface area (Å²) in [6.45, 7) is 0.281. The molecule has 0 saturated heterocycles. The molecule has 1 aliphatic heterocycles. The first kappa shape index (κ1) is 9.60. The standard InChI is InChI=1S/C9H7NO5/c11-3-6-1-8(10(12)13)2-7-4-14-5-15-9(6)7/h1-3H,4-5H2. The van der Waals surface area contributed by atoms with E-state index in [0.29, 0.717) is 17.6 Å². The third-order valence-corrected chi connectivity index (χ3v) is 2.06. The summed E-state index contributed by atoms with van der Waals surface area (Å²) < 4.78 is 10.1. The monoisotopic (exact) mass is 209 g/mol. The lowest BCUT2D eigenvalue weighted by Gasteiger charge is -2.18. The van der Waals surface area contributed by atoms with Gasteiger partial charge >= 0.3 is 0 Å². The maximum Gasteiger partial charge on any atom is 0.270 e. The van der Waals surface area contributed by atoms with Gasteiger partial charge in [-0.3, -0.25) is 14.9 Å². The minimum Gasteiger partial charge on any atom is -0.466 e. The van der Waals surface area contributed by atoms with Gasteiger partial charge in [-0.2, -0.15) is 0 Å². The lowest BCUT2D eigenvalue weighted by atomic mass is 10.1. The second-order valence-electron chi connectivity index (χ2n) is 3.01. The van der Waals surface area contributed by atoms with Gasteiger partial charge in [0.05, 0.1) is 17.1 Å². The zero-order valence-electron chi connectivity index (χ0n) is 7.63. The average Bonchev–Trinajstić information content (AvgIpc) is 2.27. The number of nitro groups is 1. The third kappa shape index (κ3) is 1.66. The van der Waals surface area contributed by atoms with Crippen molar-refractivity contribution >= 4 is 12.0 Å². The van der Waals surface area contributed by atoms with Crippen molar-refractivity contribution in [2.45, 2.75) is 6.61 Å². The summed E-state index contributed by atoms with van der Waals surface area (Å²) in [4.78, 5) is 20.7. The Balaban J connectivity index is 2.57. The topological polar surface area (TPSA) is 78.7 Å². The molecule has 0 amide bonds. The van der Waals surface area contributed by atoms with Gasteiger partial charge in [0.2, 0.25) is 0 Å². The molecule has 0 fully saturated rings. The molecule has 0 bridgehead atoms. The first-order valence-electron chi connectivity index (χ1n) is 4.19. The average molecular weight is 209 g/mol. The normalized spacial score (nSPS) is 13.9. The maximum atomic E-state index is 10.7. The zero-order chi connectivity index (χ0) is 10.8. The molecule has 6 nitrogen and oxygen atoms in total. The molecule has 1 aromatic carbocycles. The van der Waals surface area contributed by atoms with Gasteiger partial charge in [0.25, 0.3) is 5.69 Å². The van der Waals surface area contributed by atoms with Crippen LogP contribution in [0.2, 0.25) is 0 Å². The van der Waals surface area contributed by atoms with Gasteiger partial charge in [-0.25, -0.2) is 0 Å². The van der Waals surface area contributed by atoms with Crippen LogP contribution in [0, 0.1) is 10.1 Å². The first-order chi connectivity index (χ1) is 7.22. The van der Waals surface area contributed by atoms with E-state index in [2.05, 4.69) is 0 Å². The largest absolute Gasteiger partial charge is 0.466 e. The van der Waals surface area contributed by atoms with E-state index >= 15 is 0 Å². The fraction of sp³-hybridized carbons (Fsp3) is 0.222. The summed E-state index contributed by atoms with van der Waals surface area (Å²) in [5, 5.41) is 10.6. The minimum atomic E-state index is -0.554. The summed E-state index contributed by atoms with van der Waals surface area (Å²) in [5.74, 6) is 0.377. The predicted molar refractivity (Wildman–Crippen MR) is 48.8 cm³/mol. The lowest BCUT2D eigenvalue weighted by molar-refractivity contribution is -0.385. The molecule has 0 spiro atoms. The third-order valence-electron chi connectivity index (χ3n) is 2.06. The Morgan fingerprint density at radius 3 is 2.93 bits per heavy atom. The Bertz CT molecular complexity index is 429. The molecule has 15 heavy (non-hydrogen) atoms. The highest BCUT2D eigenvalue weighted by molar-refractivity contribution is 5.82. The van der Waals surface area contributed by atoms with Crippen LogP contribution < -0.4 is 4.74 Å². The predicted octanol–water partition coefficient (Wildman–Crippen LogP) is 1.27. The van der Waals surface area contributed by atoms with E-state index in [-0.39, 0.29) is 24.7 Å². The van der Waals surface area contributed by atoms with Gasteiger partial charge in [-0.1, -0.05) is 0 Å². The van der Waals surface area contributed by atoms with Crippen LogP contribution in [0.5, 0.6) is 5.75 Å². The number of hydrogen-bond donors (Lipinski definition) is 0. The van der Waals surface area contributed by atoms with Gasteiger partial charge < -0.3 is 9.47 Å². The molecule has 6 heteroatoms. The van der Waals surface area contributed by atoms with Crippen LogP contribution in [-0.2, 0) is 11.3 Å². The van der Waals surface area contributed by atoms with Gasteiger partial charge in [0, 0.05) is 17.7 Å². The van der Waals surface area contributed by atoms with Gasteiger partial charge in [0.1, 0.15) is 5.75 Å². The summed E-state index contributed by atoms with van der Waals surface area (Å²) in [5.41, 5.74) is 0.574. The molecular formula is C9H7NO5. The van der Waals surface area contributed by atoms with Crippen LogP contribution in [0.1, 0.15) is 15.9 Å². The Labute approximate surface area is 84.6 Å². The number of nitro benzene ring substituents is 1. The second-order valence-corrected chi connectivity index (χ2v) is 3.01.